The third kappa shape index (κ3) is 5.55. The van der Waals surface area contributed by atoms with Crippen LogP contribution in [-0.4, -0.2) is 21.7 Å². The van der Waals surface area contributed by atoms with Crippen LogP contribution in [0, 0.1) is 18.4 Å². The molecule has 1 atom stereocenters. The third-order valence-corrected chi connectivity index (χ3v) is 7.21. The number of hydrogen-bond donors (Lipinski definition) is 2. The fourth-order valence-corrected chi connectivity index (χ4v) is 5.23. The van der Waals surface area contributed by atoms with E-state index < -0.39 is 5.91 Å². The number of H-pyrrole nitrogens is 1. The fraction of sp³-hybridized carbons (Fsp3) is 0.176. The number of nitrogens with one attached hydrogen (secondary N) is 2. The average Bonchev–Trinajstić information content (AvgIpc) is 3.41. The number of aromatic nitrogens is 2. The van der Waals surface area contributed by atoms with Crippen molar-refractivity contribution in [1.82, 2.24) is 15.3 Å². The van der Waals surface area contributed by atoms with Crippen LogP contribution in [0.2, 0.25) is 0 Å². The van der Waals surface area contributed by atoms with Gasteiger partial charge in [-0.25, -0.2) is 4.98 Å². The van der Waals surface area contributed by atoms with E-state index in [-0.39, 0.29) is 17.3 Å². The van der Waals surface area contributed by atoms with Gasteiger partial charge in [0.05, 0.1) is 11.0 Å². The Kier molecular flexibility index (Phi) is 7.84. The van der Waals surface area contributed by atoms with Crippen LogP contribution in [0.1, 0.15) is 63.9 Å². The first-order valence-electron chi connectivity index (χ1n) is 13.5. The molecule has 2 N–H and O–H groups in total. The molecule has 1 aromatic heterocycles. The maximum atomic E-state index is 13.5. The molecule has 198 valence electrons. The van der Waals surface area contributed by atoms with Gasteiger partial charge >= 0.3 is 0 Å². The van der Waals surface area contributed by atoms with E-state index >= 15 is 0 Å². The molecule has 0 unspecified atom stereocenters. The van der Waals surface area contributed by atoms with E-state index in [2.05, 4.69) is 29.4 Å². The molecule has 0 fully saturated rings. The smallest absolute Gasteiger partial charge is 0.264 e. The van der Waals surface area contributed by atoms with Gasteiger partial charge in [-0.3, -0.25) is 14.9 Å². The second kappa shape index (κ2) is 11.8. The van der Waals surface area contributed by atoms with Gasteiger partial charge in [0.25, 0.3) is 5.91 Å². The lowest BCUT2D eigenvalue weighted by Crippen LogP contribution is -2.19. The fourth-order valence-electron chi connectivity index (χ4n) is 5.23. The summed E-state index contributed by atoms with van der Waals surface area (Å²) in [6.07, 6.45) is 3.92. The normalized spacial score (nSPS) is 11.6. The Morgan fingerprint density at radius 2 is 1.68 bits per heavy atom. The van der Waals surface area contributed by atoms with E-state index in [1.165, 1.54) is 0 Å². The number of aromatic amines is 1. The number of hydrogen-bond acceptors (Lipinski definition) is 4. The molecular weight excluding hydrogens is 496 g/mol. The zero-order valence-corrected chi connectivity index (χ0v) is 22.6. The van der Waals surface area contributed by atoms with E-state index in [4.69, 9.17) is 4.98 Å². The SMILES string of the molecule is CCC[C@@H](CC(=O)c1ccc(-c2cc(C)ccc2-c2nc3ccccc3[nH]2)c(C(=O)NC#N)c1)c1ccccc1. The highest BCUT2D eigenvalue weighted by atomic mass is 16.1. The molecule has 5 aromatic rings. The largest absolute Gasteiger partial charge is 0.338 e. The molecule has 0 aliphatic heterocycles. The first-order chi connectivity index (χ1) is 19.5. The summed E-state index contributed by atoms with van der Waals surface area (Å²) in [6.45, 7) is 4.09. The summed E-state index contributed by atoms with van der Waals surface area (Å²) in [6, 6.07) is 29.0. The number of aryl methyl sites for hydroxylation is 1. The maximum absolute atomic E-state index is 13.5. The number of imidazole rings is 1. The van der Waals surface area contributed by atoms with Crippen LogP contribution in [-0.2, 0) is 0 Å². The van der Waals surface area contributed by atoms with E-state index in [0.29, 0.717) is 23.4 Å². The molecule has 0 aliphatic rings. The lowest BCUT2D eigenvalue weighted by molar-refractivity contribution is 0.0971. The van der Waals surface area contributed by atoms with Crippen molar-refractivity contribution >= 4 is 22.7 Å². The van der Waals surface area contributed by atoms with Gasteiger partial charge in [-0.05, 0) is 54.2 Å². The van der Waals surface area contributed by atoms with Gasteiger partial charge in [-0.2, -0.15) is 5.26 Å². The zero-order chi connectivity index (χ0) is 28.1. The molecule has 0 saturated heterocycles. The molecule has 0 bridgehead atoms. The molecule has 0 saturated carbocycles. The summed E-state index contributed by atoms with van der Waals surface area (Å²) < 4.78 is 0. The van der Waals surface area contributed by atoms with E-state index in [1.54, 1.807) is 24.4 Å². The lowest BCUT2D eigenvalue weighted by atomic mass is 9.86. The predicted molar refractivity (Wildman–Crippen MR) is 158 cm³/mol. The van der Waals surface area contributed by atoms with E-state index in [0.717, 1.165) is 46.1 Å². The standard InChI is InChI=1S/C34H30N4O2/c1-3-9-24(23-10-5-4-6-11-23)20-32(39)25-15-17-26(29(19-25)34(40)36-21-35)28-18-22(2)14-16-27(28)33-37-30-12-7-8-13-31(30)38-33/h4-8,10-19,24H,3,9,20H2,1-2H3,(H,36,40)(H,37,38)/t24-/m0/s1. The van der Waals surface area contributed by atoms with Crippen molar-refractivity contribution in [3.63, 3.8) is 0 Å². The van der Waals surface area contributed by atoms with Gasteiger partial charge in [-0.1, -0.05) is 91.7 Å². The van der Waals surface area contributed by atoms with Crippen molar-refractivity contribution in [2.24, 2.45) is 0 Å². The molecule has 40 heavy (non-hydrogen) atoms. The molecule has 5 rings (SSSR count). The Bertz CT molecular complexity index is 1700. The van der Waals surface area contributed by atoms with Crippen LogP contribution in [0.5, 0.6) is 0 Å². The van der Waals surface area contributed by atoms with Gasteiger partial charge in [-0.15, -0.1) is 0 Å². The Balaban J connectivity index is 1.58. The number of benzene rings is 4. The topological polar surface area (TPSA) is 98.6 Å². The number of carbonyl (C=O) groups excluding carboxylic acids is 2. The number of carbonyl (C=O) groups is 2. The number of para-hydroxylation sites is 2. The molecule has 0 radical (unpaired) electrons. The van der Waals surface area contributed by atoms with Gasteiger partial charge < -0.3 is 4.98 Å². The molecule has 1 amide bonds. The second-order valence-electron chi connectivity index (χ2n) is 10.0. The predicted octanol–water partition coefficient (Wildman–Crippen LogP) is 7.57. The molecule has 0 spiro atoms. The maximum Gasteiger partial charge on any atom is 0.264 e. The first-order valence-corrected chi connectivity index (χ1v) is 13.5. The van der Waals surface area contributed by atoms with Crippen LogP contribution in [0.15, 0.2) is 91.0 Å². The van der Waals surface area contributed by atoms with Gasteiger partial charge in [0.1, 0.15) is 5.82 Å². The summed E-state index contributed by atoms with van der Waals surface area (Å²) in [5.74, 6) is 0.165. The molecular formula is C34H30N4O2. The minimum atomic E-state index is -0.558. The van der Waals surface area contributed by atoms with Crippen molar-refractivity contribution in [3.05, 3.63) is 113 Å². The third-order valence-electron chi connectivity index (χ3n) is 7.21. The lowest BCUT2D eigenvalue weighted by Gasteiger charge is -2.17. The minimum Gasteiger partial charge on any atom is -0.338 e. The molecule has 4 aromatic carbocycles. The number of nitrogens with zero attached hydrogens (tertiary/aromatic N) is 2. The summed E-state index contributed by atoms with van der Waals surface area (Å²) >= 11 is 0. The van der Waals surface area contributed by atoms with Crippen molar-refractivity contribution < 1.29 is 9.59 Å². The van der Waals surface area contributed by atoms with Crippen molar-refractivity contribution in [2.75, 3.05) is 0 Å². The Morgan fingerprint density at radius 1 is 0.925 bits per heavy atom. The first kappa shape index (κ1) is 26.6. The number of fused-ring (bicyclic) bond motifs is 1. The van der Waals surface area contributed by atoms with Crippen molar-refractivity contribution in [3.8, 4) is 28.7 Å². The quantitative estimate of drug-likeness (QED) is 0.118. The van der Waals surface area contributed by atoms with Crippen LogP contribution in [0.4, 0.5) is 0 Å². The number of nitriles is 1. The number of ketones is 1. The summed E-state index contributed by atoms with van der Waals surface area (Å²) in [5, 5.41) is 11.5. The molecule has 6 nitrogen and oxygen atoms in total. The summed E-state index contributed by atoms with van der Waals surface area (Å²) in [5.41, 5.74) is 6.83. The Morgan fingerprint density at radius 3 is 2.42 bits per heavy atom. The van der Waals surface area contributed by atoms with Crippen LogP contribution in [0.3, 0.4) is 0 Å². The monoisotopic (exact) mass is 526 g/mol. The molecule has 6 heteroatoms. The average molecular weight is 527 g/mol. The minimum absolute atomic E-state index is 0.0402. The zero-order valence-electron chi connectivity index (χ0n) is 22.6. The van der Waals surface area contributed by atoms with Crippen LogP contribution >= 0.6 is 0 Å². The van der Waals surface area contributed by atoms with Gasteiger partial charge in [0.15, 0.2) is 12.0 Å². The highest BCUT2D eigenvalue weighted by Crippen LogP contribution is 2.36. The van der Waals surface area contributed by atoms with E-state index in [1.807, 2.05) is 67.6 Å². The van der Waals surface area contributed by atoms with Crippen LogP contribution in [0.25, 0.3) is 33.5 Å². The Hall–Kier alpha value is -5.02. The van der Waals surface area contributed by atoms with Gasteiger partial charge in [0, 0.05) is 23.1 Å². The highest BCUT2D eigenvalue weighted by Gasteiger charge is 2.22. The number of amides is 1. The second-order valence-corrected chi connectivity index (χ2v) is 10.0. The summed E-state index contributed by atoms with van der Waals surface area (Å²) in [7, 11) is 0. The van der Waals surface area contributed by atoms with Gasteiger partial charge in [0.2, 0.25) is 0 Å². The molecule has 1 heterocycles. The number of Topliss-reactive ketones (excluding diaryl/α,β-unsaturated/α-hetero) is 1. The Labute approximate surface area is 233 Å². The highest BCUT2D eigenvalue weighted by molar-refractivity contribution is 6.06. The van der Waals surface area contributed by atoms with Crippen molar-refractivity contribution in [1.29, 1.82) is 5.26 Å². The molecule has 0 aliphatic carbocycles. The number of rotatable bonds is 9. The van der Waals surface area contributed by atoms with Crippen molar-refractivity contribution in [2.45, 2.75) is 39.0 Å². The van der Waals surface area contributed by atoms with E-state index in [9.17, 15) is 14.9 Å². The van der Waals surface area contributed by atoms with Crippen LogP contribution < -0.4 is 5.32 Å². The summed E-state index contributed by atoms with van der Waals surface area (Å²) in [4.78, 5) is 34.8.